The average Bonchev–Trinajstić information content (AvgIpc) is 3.02. The molecule has 2 saturated heterocycles. The highest BCUT2D eigenvalue weighted by Crippen LogP contribution is 2.47. The lowest BCUT2D eigenvalue weighted by molar-refractivity contribution is -0.138. The van der Waals surface area contributed by atoms with E-state index in [2.05, 4.69) is 10.9 Å². The second-order valence-electron chi connectivity index (χ2n) is 6.02. The average molecular weight is 333 g/mol. The molecule has 7 heteroatoms. The van der Waals surface area contributed by atoms with Crippen LogP contribution >= 0.6 is 11.8 Å². The molecule has 0 bridgehead atoms. The third-order valence-electron chi connectivity index (χ3n) is 4.44. The largest absolute Gasteiger partial charge is 0.315 e. The molecule has 2 aliphatic rings. The predicted octanol–water partition coefficient (Wildman–Crippen LogP) is 1.21. The first-order chi connectivity index (χ1) is 10.9. The molecule has 0 radical (unpaired) electrons. The third-order valence-corrected chi connectivity index (χ3v) is 5.94. The monoisotopic (exact) mass is 333 g/mol. The van der Waals surface area contributed by atoms with Crippen molar-refractivity contribution in [3.8, 4) is 0 Å². The van der Waals surface area contributed by atoms with Crippen LogP contribution in [0.15, 0.2) is 24.3 Å². The van der Waals surface area contributed by atoms with Crippen molar-refractivity contribution >= 4 is 29.5 Å². The van der Waals surface area contributed by atoms with Gasteiger partial charge in [-0.1, -0.05) is 18.2 Å². The Morgan fingerprint density at radius 1 is 1.30 bits per heavy atom. The summed E-state index contributed by atoms with van der Waals surface area (Å²) in [5.74, 6) is -0.159. The highest BCUT2D eigenvalue weighted by atomic mass is 32.2. The zero-order valence-electron chi connectivity index (χ0n) is 13.1. The minimum absolute atomic E-state index is 0.00267. The number of hydrogen-bond acceptors (Lipinski definition) is 4. The molecule has 2 heterocycles. The minimum Gasteiger partial charge on any atom is -0.315 e. The van der Waals surface area contributed by atoms with Gasteiger partial charge in [-0.2, -0.15) is 0 Å². The molecule has 0 spiro atoms. The van der Waals surface area contributed by atoms with Crippen LogP contribution in [-0.4, -0.2) is 39.3 Å². The van der Waals surface area contributed by atoms with E-state index in [4.69, 9.17) is 0 Å². The summed E-state index contributed by atoms with van der Waals surface area (Å²) in [6.07, 6.45) is 1.23. The lowest BCUT2D eigenvalue weighted by atomic mass is 10.1. The second-order valence-corrected chi connectivity index (χ2v) is 7.53. The summed E-state index contributed by atoms with van der Waals surface area (Å²) in [6.45, 7) is 3.82. The second kappa shape index (κ2) is 5.88. The summed E-state index contributed by atoms with van der Waals surface area (Å²) in [7, 11) is 0. The van der Waals surface area contributed by atoms with Gasteiger partial charge >= 0.3 is 0 Å². The Balaban J connectivity index is 1.63. The van der Waals surface area contributed by atoms with Gasteiger partial charge in [-0.3, -0.25) is 25.2 Å². The molecule has 0 saturated carbocycles. The highest BCUT2D eigenvalue weighted by molar-refractivity contribution is 8.01. The Morgan fingerprint density at radius 2 is 2.04 bits per heavy atom. The molecule has 122 valence electrons. The molecule has 2 N–H and O–H groups in total. The van der Waals surface area contributed by atoms with Gasteiger partial charge in [-0.25, -0.2) is 0 Å². The van der Waals surface area contributed by atoms with Gasteiger partial charge in [0.05, 0.1) is 4.87 Å². The summed E-state index contributed by atoms with van der Waals surface area (Å²) < 4.78 is 0. The van der Waals surface area contributed by atoms with Crippen molar-refractivity contribution in [2.45, 2.75) is 37.6 Å². The molecule has 1 aromatic carbocycles. The number of hydrazine groups is 1. The summed E-state index contributed by atoms with van der Waals surface area (Å²) >= 11 is 1.62. The van der Waals surface area contributed by atoms with Crippen molar-refractivity contribution in [3.05, 3.63) is 35.4 Å². The van der Waals surface area contributed by atoms with Crippen LogP contribution in [0.2, 0.25) is 0 Å². The van der Waals surface area contributed by atoms with Gasteiger partial charge in [0, 0.05) is 17.7 Å². The van der Waals surface area contributed by atoms with Crippen molar-refractivity contribution in [2.24, 2.45) is 0 Å². The molecule has 23 heavy (non-hydrogen) atoms. The van der Waals surface area contributed by atoms with Crippen molar-refractivity contribution in [1.82, 2.24) is 15.8 Å². The summed E-state index contributed by atoms with van der Waals surface area (Å²) in [4.78, 5) is 37.9. The maximum atomic E-state index is 12.4. The maximum Gasteiger partial charge on any atom is 0.269 e. The lowest BCUT2D eigenvalue weighted by Crippen LogP contribution is -2.54. The van der Waals surface area contributed by atoms with Crippen LogP contribution in [0.5, 0.6) is 0 Å². The normalized spacial score (nSPS) is 26.1. The Hall–Kier alpha value is -2.02. The third kappa shape index (κ3) is 2.81. The molecule has 6 nitrogen and oxygen atoms in total. The van der Waals surface area contributed by atoms with E-state index in [0.717, 1.165) is 12.0 Å². The quantitative estimate of drug-likeness (QED) is 0.798. The van der Waals surface area contributed by atoms with E-state index in [-0.39, 0.29) is 22.6 Å². The zero-order chi connectivity index (χ0) is 16.6. The van der Waals surface area contributed by atoms with Gasteiger partial charge in [0.2, 0.25) is 5.91 Å². The maximum absolute atomic E-state index is 12.4. The molecule has 0 unspecified atom stereocenters. The molecule has 0 aliphatic carbocycles. The van der Waals surface area contributed by atoms with E-state index in [0.29, 0.717) is 17.7 Å². The Kier molecular flexibility index (Phi) is 4.06. The van der Waals surface area contributed by atoms with E-state index in [9.17, 15) is 14.4 Å². The van der Waals surface area contributed by atoms with Crippen LogP contribution in [0.4, 0.5) is 0 Å². The summed E-state index contributed by atoms with van der Waals surface area (Å²) in [5, 5.41) is 0. The fraction of sp³-hybridized carbons (Fsp3) is 0.438. The topological polar surface area (TPSA) is 78.5 Å². The first kappa shape index (κ1) is 15.9. The van der Waals surface area contributed by atoms with Crippen LogP contribution in [0.3, 0.4) is 0 Å². The molecule has 3 rings (SSSR count). The van der Waals surface area contributed by atoms with Crippen LogP contribution in [0.25, 0.3) is 0 Å². The number of carbonyl (C=O) groups is 3. The van der Waals surface area contributed by atoms with E-state index >= 15 is 0 Å². The van der Waals surface area contributed by atoms with Crippen molar-refractivity contribution in [1.29, 1.82) is 0 Å². The van der Waals surface area contributed by atoms with Crippen molar-refractivity contribution in [2.75, 3.05) is 5.75 Å². The Labute approximate surface area is 139 Å². The van der Waals surface area contributed by atoms with Gasteiger partial charge in [-0.05, 0) is 31.9 Å². The van der Waals surface area contributed by atoms with E-state index in [1.54, 1.807) is 28.8 Å². The molecule has 2 atom stereocenters. The van der Waals surface area contributed by atoms with Gasteiger partial charge in [0.1, 0.15) is 6.04 Å². The lowest BCUT2D eigenvalue weighted by Gasteiger charge is -2.29. The smallest absolute Gasteiger partial charge is 0.269 e. The van der Waals surface area contributed by atoms with Gasteiger partial charge in [-0.15, -0.1) is 11.8 Å². The summed E-state index contributed by atoms with van der Waals surface area (Å²) in [5.41, 5.74) is 6.23. The van der Waals surface area contributed by atoms with E-state index in [1.165, 1.54) is 0 Å². The molecule has 1 aromatic rings. The van der Waals surface area contributed by atoms with Crippen LogP contribution in [0.1, 0.15) is 35.7 Å². The zero-order valence-corrected chi connectivity index (χ0v) is 13.9. The minimum atomic E-state index is -0.530. The number of amides is 3. The Bertz CT molecular complexity index is 678. The van der Waals surface area contributed by atoms with Crippen LogP contribution in [0, 0.1) is 6.92 Å². The number of benzene rings is 1. The van der Waals surface area contributed by atoms with E-state index < -0.39 is 6.04 Å². The number of aryl methyl sites for hydroxylation is 1. The van der Waals surface area contributed by atoms with Crippen LogP contribution < -0.4 is 10.9 Å². The van der Waals surface area contributed by atoms with Crippen molar-refractivity contribution < 1.29 is 14.4 Å². The van der Waals surface area contributed by atoms with Gasteiger partial charge < -0.3 is 4.90 Å². The van der Waals surface area contributed by atoms with Crippen LogP contribution in [-0.2, 0) is 9.59 Å². The number of hydrogen-bond donors (Lipinski definition) is 2. The number of fused-ring (bicyclic) bond motifs is 1. The molecule has 2 fully saturated rings. The molecule has 0 aromatic heterocycles. The number of nitrogens with zero attached hydrogens (tertiary/aromatic N) is 1. The van der Waals surface area contributed by atoms with Gasteiger partial charge in [0.25, 0.3) is 11.8 Å². The first-order valence-corrected chi connectivity index (χ1v) is 8.53. The van der Waals surface area contributed by atoms with E-state index in [1.807, 2.05) is 26.0 Å². The number of nitrogens with one attached hydrogen (secondary N) is 2. The highest BCUT2D eigenvalue weighted by Gasteiger charge is 2.52. The molecular formula is C16H19N3O3S. The standard InChI is InChI=1S/C16H19N3O3S/c1-10-5-3-4-6-11(10)14(21)17-18-15(22)12-9-23-16(2)8-7-13(20)19(12)16/h3-6,12H,7-9H2,1-2H3,(H,17,21)(H,18,22)/t12-,16+/m0/s1. The fourth-order valence-corrected chi connectivity index (χ4v) is 4.54. The Morgan fingerprint density at radius 3 is 2.78 bits per heavy atom. The summed E-state index contributed by atoms with van der Waals surface area (Å²) in [6, 6.07) is 6.62. The van der Waals surface area contributed by atoms with Crippen molar-refractivity contribution in [3.63, 3.8) is 0 Å². The molecule has 3 amide bonds. The SMILES string of the molecule is Cc1ccccc1C(=O)NNC(=O)[C@@H]1CS[C@]2(C)CCC(=O)N12. The number of carbonyl (C=O) groups excluding carboxylic acids is 3. The first-order valence-electron chi connectivity index (χ1n) is 7.54. The molecule has 2 aliphatic heterocycles. The molecular weight excluding hydrogens is 314 g/mol. The van der Waals surface area contributed by atoms with Gasteiger partial charge in [0.15, 0.2) is 0 Å². The fourth-order valence-electron chi connectivity index (χ4n) is 3.11. The predicted molar refractivity (Wildman–Crippen MR) is 87.5 cm³/mol. The number of thioether (sulfide) groups is 1. The number of rotatable bonds is 2.